The topological polar surface area (TPSA) is 84.2 Å². The summed E-state index contributed by atoms with van der Waals surface area (Å²) in [4.78, 5) is 25.0. The van der Waals surface area contributed by atoms with Gasteiger partial charge in [-0.05, 0) is 18.4 Å². The standard InChI is InChI=1S/C22H27N5O2S/c1-2-7-19-24-21(29-26-19)11-6-10-20(28)25-22-23-17-12-13-27(15-18(17)30-22)14-16-8-4-3-5-9-16/h3-5,8-9H,2,6-7,10-15H2,1H3,(H,23,25,28). The third-order valence-corrected chi connectivity index (χ3v) is 6.08. The lowest BCUT2D eigenvalue weighted by atomic mass is 10.1. The molecule has 3 heterocycles. The van der Waals surface area contributed by atoms with Gasteiger partial charge in [-0.15, -0.1) is 11.3 Å². The maximum absolute atomic E-state index is 12.3. The zero-order chi connectivity index (χ0) is 20.8. The van der Waals surface area contributed by atoms with Crippen molar-refractivity contribution in [3.8, 4) is 0 Å². The number of carbonyl (C=O) groups excluding carboxylic acids is 1. The molecule has 3 aromatic rings. The number of anilines is 1. The van der Waals surface area contributed by atoms with Crippen molar-refractivity contribution in [2.75, 3.05) is 11.9 Å². The molecular weight excluding hydrogens is 398 g/mol. The molecule has 8 heteroatoms. The molecule has 0 saturated carbocycles. The molecule has 4 rings (SSSR count). The van der Waals surface area contributed by atoms with E-state index in [1.165, 1.54) is 10.4 Å². The number of rotatable bonds is 9. The third-order valence-electron chi connectivity index (χ3n) is 5.08. The van der Waals surface area contributed by atoms with Gasteiger partial charge in [0.1, 0.15) is 0 Å². The summed E-state index contributed by atoms with van der Waals surface area (Å²) in [6.07, 6.45) is 4.44. The van der Waals surface area contributed by atoms with Gasteiger partial charge < -0.3 is 9.84 Å². The van der Waals surface area contributed by atoms with Crippen molar-refractivity contribution in [2.45, 2.75) is 58.5 Å². The molecule has 1 aliphatic heterocycles. The van der Waals surface area contributed by atoms with Crippen molar-refractivity contribution < 1.29 is 9.32 Å². The second-order valence-electron chi connectivity index (χ2n) is 7.59. The van der Waals surface area contributed by atoms with E-state index in [1.54, 1.807) is 11.3 Å². The number of aromatic nitrogens is 3. The number of thiazole rings is 1. The van der Waals surface area contributed by atoms with Crippen molar-refractivity contribution in [1.82, 2.24) is 20.0 Å². The van der Waals surface area contributed by atoms with E-state index in [-0.39, 0.29) is 5.91 Å². The molecule has 0 atom stereocenters. The minimum atomic E-state index is -0.0180. The molecule has 0 bridgehead atoms. The summed E-state index contributed by atoms with van der Waals surface area (Å²) in [6, 6.07) is 10.5. The molecule has 0 unspecified atom stereocenters. The van der Waals surface area contributed by atoms with Gasteiger partial charge in [0.05, 0.1) is 5.69 Å². The quantitative estimate of drug-likeness (QED) is 0.558. The summed E-state index contributed by atoms with van der Waals surface area (Å²) in [6.45, 7) is 4.89. The molecule has 1 amide bonds. The highest BCUT2D eigenvalue weighted by atomic mass is 32.1. The summed E-state index contributed by atoms with van der Waals surface area (Å²) < 4.78 is 5.22. The SMILES string of the molecule is CCCc1noc(CCCC(=O)Nc2nc3c(s2)CN(Cc2ccccc2)CC3)n1. The Hall–Kier alpha value is -2.58. The molecule has 1 aromatic carbocycles. The highest BCUT2D eigenvalue weighted by Crippen LogP contribution is 2.29. The van der Waals surface area contributed by atoms with Crippen LogP contribution in [0.4, 0.5) is 5.13 Å². The van der Waals surface area contributed by atoms with Crippen molar-refractivity contribution >= 4 is 22.4 Å². The van der Waals surface area contributed by atoms with Gasteiger partial charge in [0.15, 0.2) is 11.0 Å². The normalized spacial score (nSPS) is 13.9. The van der Waals surface area contributed by atoms with E-state index in [0.717, 1.165) is 50.4 Å². The van der Waals surface area contributed by atoms with Crippen LogP contribution < -0.4 is 5.32 Å². The Labute approximate surface area is 180 Å². The van der Waals surface area contributed by atoms with Crippen LogP contribution in [0.25, 0.3) is 0 Å². The lowest BCUT2D eigenvalue weighted by molar-refractivity contribution is -0.116. The van der Waals surface area contributed by atoms with Crippen LogP contribution in [0.3, 0.4) is 0 Å². The van der Waals surface area contributed by atoms with Gasteiger partial charge in [-0.1, -0.05) is 42.4 Å². The largest absolute Gasteiger partial charge is 0.339 e. The highest BCUT2D eigenvalue weighted by Gasteiger charge is 2.21. The average Bonchev–Trinajstić information content (AvgIpc) is 3.35. The zero-order valence-electron chi connectivity index (χ0n) is 17.3. The van der Waals surface area contributed by atoms with E-state index in [2.05, 4.69) is 56.5 Å². The van der Waals surface area contributed by atoms with E-state index in [9.17, 15) is 4.79 Å². The number of amides is 1. The number of carbonyl (C=O) groups is 1. The van der Waals surface area contributed by atoms with E-state index >= 15 is 0 Å². The van der Waals surface area contributed by atoms with Crippen LogP contribution in [0.15, 0.2) is 34.9 Å². The van der Waals surface area contributed by atoms with Crippen LogP contribution in [0.5, 0.6) is 0 Å². The molecule has 1 N–H and O–H groups in total. The first-order valence-electron chi connectivity index (χ1n) is 10.6. The van der Waals surface area contributed by atoms with Gasteiger partial charge in [0, 0.05) is 50.2 Å². The van der Waals surface area contributed by atoms with Crippen molar-refractivity contribution in [3.05, 3.63) is 58.2 Å². The fraction of sp³-hybridized carbons (Fsp3) is 0.455. The Morgan fingerprint density at radius 3 is 2.93 bits per heavy atom. The Morgan fingerprint density at radius 1 is 1.23 bits per heavy atom. The van der Waals surface area contributed by atoms with Gasteiger partial charge in [-0.2, -0.15) is 4.98 Å². The van der Waals surface area contributed by atoms with Crippen LogP contribution in [0, 0.1) is 0 Å². The molecule has 0 saturated heterocycles. The molecule has 0 fully saturated rings. The highest BCUT2D eigenvalue weighted by molar-refractivity contribution is 7.15. The molecule has 2 aromatic heterocycles. The van der Waals surface area contributed by atoms with Crippen LogP contribution in [0.2, 0.25) is 0 Å². The molecule has 0 aliphatic carbocycles. The van der Waals surface area contributed by atoms with Crippen LogP contribution >= 0.6 is 11.3 Å². The Bertz CT molecular complexity index is 969. The number of hydrogen-bond acceptors (Lipinski definition) is 7. The number of nitrogens with zero attached hydrogens (tertiary/aromatic N) is 4. The fourth-order valence-corrected chi connectivity index (χ4v) is 4.64. The molecular formula is C22H27N5O2S. The minimum Gasteiger partial charge on any atom is -0.339 e. The van der Waals surface area contributed by atoms with Gasteiger partial charge in [-0.3, -0.25) is 9.69 Å². The molecule has 30 heavy (non-hydrogen) atoms. The van der Waals surface area contributed by atoms with Gasteiger partial charge >= 0.3 is 0 Å². The first-order valence-corrected chi connectivity index (χ1v) is 11.4. The van der Waals surface area contributed by atoms with Crippen molar-refractivity contribution in [3.63, 3.8) is 0 Å². The first-order chi connectivity index (χ1) is 14.7. The lowest BCUT2D eigenvalue weighted by Crippen LogP contribution is -2.29. The predicted molar refractivity (Wildman–Crippen MR) is 116 cm³/mol. The lowest BCUT2D eigenvalue weighted by Gasteiger charge is -2.25. The summed E-state index contributed by atoms with van der Waals surface area (Å²) in [5.41, 5.74) is 2.44. The zero-order valence-corrected chi connectivity index (χ0v) is 18.1. The fourth-order valence-electron chi connectivity index (χ4n) is 3.58. The molecule has 7 nitrogen and oxygen atoms in total. The van der Waals surface area contributed by atoms with E-state index in [4.69, 9.17) is 4.52 Å². The molecule has 158 valence electrons. The Morgan fingerprint density at radius 2 is 2.10 bits per heavy atom. The van der Waals surface area contributed by atoms with Crippen LogP contribution in [-0.4, -0.2) is 32.5 Å². The summed E-state index contributed by atoms with van der Waals surface area (Å²) in [5.74, 6) is 1.33. The summed E-state index contributed by atoms with van der Waals surface area (Å²) in [7, 11) is 0. The maximum atomic E-state index is 12.3. The van der Waals surface area contributed by atoms with E-state index < -0.39 is 0 Å². The molecule has 0 radical (unpaired) electrons. The van der Waals surface area contributed by atoms with Gasteiger partial charge in [-0.25, -0.2) is 4.98 Å². The minimum absolute atomic E-state index is 0.0180. The van der Waals surface area contributed by atoms with Crippen LogP contribution in [0.1, 0.15) is 54.0 Å². The second kappa shape index (κ2) is 9.95. The summed E-state index contributed by atoms with van der Waals surface area (Å²) >= 11 is 1.59. The van der Waals surface area contributed by atoms with Crippen molar-refractivity contribution in [2.24, 2.45) is 0 Å². The Kier molecular flexibility index (Phi) is 6.86. The number of benzene rings is 1. The number of hydrogen-bond donors (Lipinski definition) is 1. The monoisotopic (exact) mass is 425 g/mol. The summed E-state index contributed by atoms with van der Waals surface area (Å²) in [5, 5.41) is 7.60. The molecule has 1 aliphatic rings. The number of aryl methyl sites for hydroxylation is 2. The number of nitrogens with one attached hydrogen (secondary N) is 1. The van der Waals surface area contributed by atoms with Gasteiger partial charge in [0.25, 0.3) is 0 Å². The Balaban J connectivity index is 1.24. The number of fused-ring (bicyclic) bond motifs is 1. The maximum Gasteiger partial charge on any atom is 0.226 e. The first kappa shape index (κ1) is 20.7. The third kappa shape index (κ3) is 5.52. The second-order valence-corrected chi connectivity index (χ2v) is 8.67. The van der Waals surface area contributed by atoms with Gasteiger partial charge in [0.2, 0.25) is 11.8 Å². The molecule has 0 spiro atoms. The average molecular weight is 426 g/mol. The predicted octanol–water partition coefficient (Wildman–Crippen LogP) is 4.00. The van der Waals surface area contributed by atoms with E-state index in [1.807, 2.05) is 6.07 Å². The smallest absolute Gasteiger partial charge is 0.226 e. The van der Waals surface area contributed by atoms with Crippen LogP contribution in [-0.2, 0) is 37.1 Å². The van der Waals surface area contributed by atoms with Crippen molar-refractivity contribution in [1.29, 1.82) is 0 Å². The van der Waals surface area contributed by atoms with E-state index in [0.29, 0.717) is 30.3 Å².